The van der Waals surface area contributed by atoms with Crippen molar-refractivity contribution in [3.8, 4) is 0 Å². The van der Waals surface area contributed by atoms with Crippen molar-refractivity contribution in [3.05, 3.63) is 23.7 Å². The molecule has 0 saturated carbocycles. The highest BCUT2D eigenvalue weighted by Gasteiger charge is 2.31. The van der Waals surface area contributed by atoms with Crippen LogP contribution in [-0.4, -0.2) is 22.5 Å². The van der Waals surface area contributed by atoms with E-state index in [0.717, 1.165) is 0 Å². The Labute approximate surface area is 106 Å². The van der Waals surface area contributed by atoms with Gasteiger partial charge in [-0.3, -0.25) is 9.59 Å². The predicted octanol–water partition coefficient (Wildman–Crippen LogP) is 2.35. The highest BCUT2D eigenvalue weighted by atomic mass is 16.4. The number of carbonyl (C=O) groups excluding carboxylic acids is 1. The number of carboxylic acids is 1. The van der Waals surface area contributed by atoms with Crippen LogP contribution in [0, 0.1) is 6.92 Å². The molecule has 1 aromatic heterocycles. The molecule has 0 spiro atoms. The molecule has 0 aromatic carbocycles. The maximum Gasteiger partial charge on any atom is 0.305 e. The molecule has 0 aliphatic rings. The number of furan rings is 1. The van der Waals surface area contributed by atoms with Gasteiger partial charge in [0, 0.05) is 0 Å². The van der Waals surface area contributed by atoms with Gasteiger partial charge in [0.1, 0.15) is 12.0 Å². The van der Waals surface area contributed by atoms with E-state index in [4.69, 9.17) is 9.52 Å². The third kappa shape index (κ3) is 3.35. The van der Waals surface area contributed by atoms with E-state index in [9.17, 15) is 9.59 Å². The molecule has 1 rings (SSSR count). The largest absolute Gasteiger partial charge is 0.481 e. The van der Waals surface area contributed by atoms with Crippen LogP contribution in [0.2, 0.25) is 0 Å². The van der Waals surface area contributed by atoms with Crippen molar-refractivity contribution in [2.75, 3.05) is 0 Å². The number of carbonyl (C=O) groups is 2. The molecule has 0 aliphatic heterocycles. The van der Waals surface area contributed by atoms with Gasteiger partial charge in [-0.05, 0) is 25.8 Å². The number of aliphatic carboxylic acids is 1. The maximum absolute atomic E-state index is 12.0. The summed E-state index contributed by atoms with van der Waals surface area (Å²) in [6.07, 6.45) is 2.43. The number of hydrogen-bond acceptors (Lipinski definition) is 3. The first-order chi connectivity index (χ1) is 8.42. The number of nitrogens with one attached hydrogen (secondary N) is 1. The SMILES string of the molecule is CCC(CC)(CC(=O)O)NC(=O)c1coc(C)c1. The van der Waals surface area contributed by atoms with Gasteiger partial charge in [0.2, 0.25) is 0 Å². The Balaban J connectivity index is 2.83. The average molecular weight is 253 g/mol. The Hall–Kier alpha value is -1.78. The first-order valence-electron chi connectivity index (χ1n) is 6.02. The van der Waals surface area contributed by atoms with Crippen molar-refractivity contribution in [2.24, 2.45) is 0 Å². The molecule has 18 heavy (non-hydrogen) atoms. The second-order valence-corrected chi connectivity index (χ2v) is 4.46. The molecule has 2 N–H and O–H groups in total. The molecule has 1 heterocycles. The monoisotopic (exact) mass is 253 g/mol. The van der Waals surface area contributed by atoms with Crippen LogP contribution in [0.15, 0.2) is 16.7 Å². The van der Waals surface area contributed by atoms with Crippen molar-refractivity contribution in [3.63, 3.8) is 0 Å². The third-order valence-electron chi connectivity index (χ3n) is 3.21. The van der Waals surface area contributed by atoms with E-state index in [1.807, 2.05) is 13.8 Å². The Morgan fingerprint density at radius 2 is 2.00 bits per heavy atom. The van der Waals surface area contributed by atoms with E-state index in [1.54, 1.807) is 13.0 Å². The molecule has 0 radical (unpaired) electrons. The van der Waals surface area contributed by atoms with E-state index in [2.05, 4.69) is 5.32 Å². The Bertz CT molecular complexity index is 432. The molecular formula is C13H19NO4. The second kappa shape index (κ2) is 5.71. The minimum Gasteiger partial charge on any atom is -0.481 e. The highest BCUT2D eigenvalue weighted by molar-refractivity contribution is 5.94. The summed E-state index contributed by atoms with van der Waals surface area (Å²) in [5.74, 6) is -0.559. The smallest absolute Gasteiger partial charge is 0.305 e. The van der Waals surface area contributed by atoms with Gasteiger partial charge in [-0.2, -0.15) is 0 Å². The van der Waals surface area contributed by atoms with E-state index < -0.39 is 11.5 Å². The van der Waals surface area contributed by atoms with Crippen LogP contribution >= 0.6 is 0 Å². The number of hydrogen-bond donors (Lipinski definition) is 2. The fourth-order valence-corrected chi connectivity index (χ4v) is 1.89. The summed E-state index contributed by atoms with van der Waals surface area (Å²) in [4.78, 5) is 22.9. The molecule has 0 saturated heterocycles. The van der Waals surface area contributed by atoms with Crippen molar-refractivity contribution in [1.82, 2.24) is 5.32 Å². The summed E-state index contributed by atoms with van der Waals surface area (Å²) < 4.78 is 5.07. The zero-order valence-electron chi connectivity index (χ0n) is 10.9. The van der Waals surface area contributed by atoms with Gasteiger partial charge in [-0.15, -0.1) is 0 Å². The highest BCUT2D eigenvalue weighted by Crippen LogP contribution is 2.21. The lowest BCUT2D eigenvalue weighted by molar-refractivity contribution is -0.138. The zero-order valence-corrected chi connectivity index (χ0v) is 10.9. The van der Waals surface area contributed by atoms with E-state index in [1.165, 1.54) is 6.26 Å². The molecule has 5 heteroatoms. The van der Waals surface area contributed by atoms with E-state index >= 15 is 0 Å². The molecule has 0 atom stereocenters. The van der Waals surface area contributed by atoms with Crippen molar-refractivity contribution in [1.29, 1.82) is 0 Å². The zero-order chi connectivity index (χ0) is 13.8. The molecule has 1 amide bonds. The third-order valence-corrected chi connectivity index (χ3v) is 3.21. The van der Waals surface area contributed by atoms with Crippen LogP contribution < -0.4 is 5.32 Å². The normalized spacial score (nSPS) is 11.3. The molecule has 0 unspecified atom stereocenters. The van der Waals surface area contributed by atoms with Gasteiger partial charge in [0.25, 0.3) is 5.91 Å². The number of rotatable bonds is 6. The quantitative estimate of drug-likeness (QED) is 0.815. The van der Waals surface area contributed by atoms with Gasteiger partial charge in [-0.25, -0.2) is 0 Å². The van der Waals surface area contributed by atoms with Crippen LogP contribution in [0.25, 0.3) is 0 Å². The lowest BCUT2D eigenvalue weighted by Crippen LogP contribution is -2.49. The van der Waals surface area contributed by atoms with Crippen LogP contribution in [0.4, 0.5) is 0 Å². The molecule has 1 aromatic rings. The van der Waals surface area contributed by atoms with Crippen LogP contribution in [0.5, 0.6) is 0 Å². The minimum absolute atomic E-state index is 0.0808. The van der Waals surface area contributed by atoms with Crippen molar-refractivity contribution < 1.29 is 19.1 Å². The van der Waals surface area contributed by atoms with Gasteiger partial charge in [0.15, 0.2) is 0 Å². The van der Waals surface area contributed by atoms with Crippen LogP contribution in [-0.2, 0) is 4.79 Å². The molecular weight excluding hydrogens is 234 g/mol. The van der Waals surface area contributed by atoms with Gasteiger partial charge < -0.3 is 14.8 Å². The first kappa shape index (κ1) is 14.3. The summed E-state index contributed by atoms with van der Waals surface area (Å²) in [7, 11) is 0. The lowest BCUT2D eigenvalue weighted by atomic mass is 9.88. The molecule has 0 fully saturated rings. The summed E-state index contributed by atoms with van der Waals surface area (Å²) in [6, 6.07) is 1.63. The topological polar surface area (TPSA) is 79.5 Å². The number of amides is 1. The Morgan fingerprint density at radius 3 is 2.39 bits per heavy atom. The van der Waals surface area contributed by atoms with Gasteiger partial charge in [-0.1, -0.05) is 13.8 Å². The molecule has 100 valence electrons. The maximum atomic E-state index is 12.0. The standard InChI is InChI=1S/C13H19NO4/c1-4-13(5-2,7-11(15)16)14-12(17)10-6-9(3)18-8-10/h6,8H,4-5,7H2,1-3H3,(H,14,17)(H,15,16). The summed E-state index contributed by atoms with van der Waals surface area (Å²) in [5.41, 5.74) is -0.280. The van der Waals surface area contributed by atoms with Gasteiger partial charge >= 0.3 is 5.97 Å². The molecule has 0 aliphatic carbocycles. The van der Waals surface area contributed by atoms with Crippen molar-refractivity contribution >= 4 is 11.9 Å². The molecule has 0 bridgehead atoms. The van der Waals surface area contributed by atoms with Gasteiger partial charge in [0.05, 0.1) is 17.5 Å². The average Bonchev–Trinajstić information content (AvgIpc) is 2.74. The first-order valence-corrected chi connectivity index (χ1v) is 6.02. The fraction of sp³-hybridized carbons (Fsp3) is 0.538. The Kier molecular flexibility index (Phi) is 4.53. The minimum atomic E-state index is -0.914. The van der Waals surface area contributed by atoms with Crippen molar-refractivity contribution in [2.45, 2.75) is 45.6 Å². The van der Waals surface area contributed by atoms with E-state index in [-0.39, 0.29) is 12.3 Å². The van der Waals surface area contributed by atoms with Crippen LogP contribution in [0.1, 0.15) is 49.2 Å². The van der Waals surface area contributed by atoms with Crippen LogP contribution in [0.3, 0.4) is 0 Å². The predicted molar refractivity (Wildman–Crippen MR) is 66.5 cm³/mol. The fourth-order valence-electron chi connectivity index (χ4n) is 1.89. The second-order valence-electron chi connectivity index (χ2n) is 4.46. The number of aryl methyl sites for hydroxylation is 1. The lowest BCUT2D eigenvalue weighted by Gasteiger charge is -2.31. The number of carboxylic acid groups (broad SMARTS) is 1. The summed E-state index contributed by atoms with van der Waals surface area (Å²) in [5, 5.41) is 11.7. The Morgan fingerprint density at radius 1 is 1.39 bits per heavy atom. The molecule has 5 nitrogen and oxygen atoms in total. The summed E-state index contributed by atoms with van der Waals surface area (Å²) >= 11 is 0. The van der Waals surface area contributed by atoms with E-state index in [0.29, 0.717) is 24.2 Å². The summed E-state index contributed by atoms with van der Waals surface area (Å²) in [6.45, 7) is 5.49.